The molecule has 0 radical (unpaired) electrons. The van der Waals surface area contributed by atoms with Crippen LogP contribution in [0.15, 0.2) is 66.9 Å². The number of aliphatic hydroxyl groups excluding tert-OH is 2. The van der Waals surface area contributed by atoms with Crippen molar-refractivity contribution in [3.05, 3.63) is 89.9 Å². The lowest BCUT2D eigenvalue weighted by Crippen LogP contribution is -2.55. The SMILES string of the molecule is CC(C)(C)[C@H](c1nc(-c2cc(F)ccc2F)cn1Cc1ccccc1)N(CC[C@H](N)C(O)N(N)CC(=O)NCCN1C(=O)C=CC1=O)C(=O)CO. The van der Waals surface area contributed by atoms with Crippen LogP contribution in [0.1, 0.15) is 44.6 Å². The molecule has 7 N–H and O–H groups in total. The maximum atomic E-state index is 15.0. The molecule has 0 spiro atoms. The molecule has 2 aromatic carbocycles. The Morgan fingerprint density at radius 1 is 1.06 bits per heavy atom. The minimum Gasteiger partial charge on any atom is -0.387 e. The molecule has 1 unspecified atom stereocenters. The summed E-state index contributed by atoms with van der Waals surface area (Å²) in [7, 11) is 0. The van der Waals surface area contributed by atoms with Gasteiger partial charge in [-0.25, -0.2) is 18.8 Å². The van der Waals surface area contributed by atoms with Crippen LogP contribution in [0.4, 0.5) is 8.78 Å². The molecular formula is C35H44F2N8O6. The fourth-order valence-electron chi connectivity index (χ4n) is 5.82. The molecular weight excluding hydrogens is 666 g/mol. The van der Waals surface area contributed by atoms with E-state index >= 15 is 0 Å². The number of benzene rings is 2. The molecule has 14 nitrogen and oxygen atoms in total. The second-order valence-corrected chi connectivity index (χ2v) is 13.3. The van der Waals surface area contributed by atoms with E-state index in [1.807, 2.05) is 51.1 Å². The Balaban J connectivity index is 1.53. The number of imidazole rings is 1. The van der Waals surface area contributed by atoms with E-state index in [0.717, 1.165) is 45.8 Å². The first-order chi connectivity index (χ1) is 24.1. The average Bonchev–Trinajstić information content (AvgIpc) is 3.64. The molecule has 1 aliphatic heterocycles. The van der Waals surface area contributed by atoms with E-state index in [2.05, 4.69) is 5.32 Å². The van der Waals surface area contributed by atoms with Crippen LogP contribution in [0.25, 0.3) is 11.3 Å². The molecule has 0 saturated carbocycles. The van der Waals surface area contributed by atoms with Gasteiger partial charge < -0.3 is 30.7 Å². The Bertz CT molecular complexity index is 1730. The van der Waals surface area contributed by atoms with Gasteiger partial charge in [-0.15, -0.1) is 0 Å². The third kappa shape index (κ3) is 9.89. The van der Waals surface area contributed by atoms with Crippen LogP contribution in [0.3, 0.4) is 0 Å². The van der Waals surface area contributed by atoms with Crippen LogP contribution >= 0.6 is 0 Å². The number of aromatic nitrogens is 2. The molecule has 3 aromatic rings. The minimum absolute atomic E-state index is 0.0337. The number of imide groups is 1. The van der Waals surface area contributed by atoms with E-state index in [-0.39, 0.29) is 43.9 Å². The fraction of sp³-hybridized carbons (Fsp3) is 0.400. The lowest BCUT2D eigenvalue weighted by Gasteiger charge is -2.40. The highest BCUT2D eigenvalue weighted by Gasteiger charge is 2.39. The zero-order chi connectivity index (χ0) is 37.5. The molecule has 0 saturated heterocycles. The zero-order valence-corrected chi connectivity index (χ0v) is 28.7. The highest BCUT2D eigenvalue weighted by molar-refractivity contribution is 6.12. The molecule has 4 rings (SSSR count). The number of carbonyl (C=O) groups is 4. The normalized spacial score (nSPS) is 15.0. The molecule has 3 atom stereocenters. The summed E-state index contributed by atoms with van der Waals surface area (Å²) in [5, 5.41) is 24.3. The molecule has 16 heteroatoms. The summed E-state index contributed by atoms with van der Waals surface area (Å²) in [6, 6.07) is 10.5. The number of nitrogens with one attached hydrogen (secondary N) is 1. The van der Waals surface area contributed by atoms with Crippen molar-refractivity contribution in [2.75, 3.05) is 32.8 Å². The van der Waals surface area contributed by atoms with Crippen molar-refractivity contribution in [3.8, 4) is 11.3 Å². The van der Waals surface area contributed by atoms with Crippen LogP contribution in [-0.2, 0) is 25.7 Å². The summed E-state index contributed by atoms with van der Waals surface area (Å²) >= 11 is 0. The van der Waals surface area contributed by atoms with Gasteiger partial charge in [0.05, 0.1) is 18.3 Å². The number of halogens is 2. The van der Waals surface area contributed by atoms with E-state index in [9.17, 15) is 38.2 Å². The van der Waals surface area contributed by atoms with E-state index in [1.165, 1.54) is 4.90 Å². The van der Waals surface area contributed by atoms with Gasteiger partial charge in [-0.1, -0.05) is 51.1 Å². The maximum absolute atomic E-state index is 15.0. The van der Waals surface area contributed by atoms with E-state index in [1.54, 1.807) is 10.8 Å². The molecule has 2 heterocycles. The summed E-state index contributed by atoms with van der Waals surface area (Å²) < 4.78 is 31.0. The standard InChI is InChI=1S/C35H44F2N8O6/c1-35(2,3)32(33-41-27(24-17-23(36)9-10-25(24)37)19-42(33)18-22-7-5-4-6-8-22)44(31(50)21-46)15-13-26(38)34(51)45(39)20-28(47)40-14-16-43-29(48)11-12-30(43)49/h4-12,17,19,26,32,34,46,51H,13-16,18,20-21,38-39H2,1-3H3,(H,40,47)/t26-,32-,34?/m0/s1. The number of hydrazine groups is 1. The van der Waals surface area contributed by atoms with Crippen LogP contribution in [0.5, 0.6) is 0 Å². The average molecular weight is 711 g/mol. The van der Waals surface area contributed by atoms with Gasteiger partial charge in [-0.3, -0.25) is 29.9 Å². The van der Waals surface area contributed by atoms with Gasteiger partial charge in [0, 0.05) is 56.1 Å². The quantitative estimate of drug-likeness (QED) is 0.0619. The second-order valence-electron chi connectivity index (χ2n) is 13.3. The Morgan fingerprint density at radius 3 is 2.35 bits per heavy atom. The van der Waals surface area contributed by atoms with E-state index < -0.39 is 72.1 Å². The summed E-state index contributed by atoms with van der Waals surface area (Å²) in [5.74, 6) is 2.73. The van der Waals surface area contributed by atoms with Crippen LogP contribution < -0.4 is 16.9 Å². The third-order valence-electron chi connectivity index (χ3n) is 8.35. The summed E-state index contributed by atoms with van der Waals surface area (Å²) in [6.07, 6.45) is 2.28. The molecule has 1 aliphatic rings. The van der Waals surface area contributed by atoms with Crippen LogP contribution in [0, 0.1) is 17.0 Å². The van der Waals surface area contributed by atoms with Crippen LogP contribution in [-0.4, -0.2) is 103 Å². The van der Waals surface area contributed by atoms with Gasteiger partial charge in [0.2, 0.25) is 11.8 Å². The van der Waals surface area contributed by atoms with Gasteiger partial charge in [0.1, 0.15) is 30.3 Å². The monoisotopic (exact) mass is 710 g/mol. The predicted octanol–water partition coefficient (Wildman–Crippen LogP) is 1.04. The third-order valence-corrected chi connectivity index (χ3v) is 8.35. The smallest absolute Gasteiger partial charge is 0.253 e. The summed E-state index contributed by atoms with van der Waals surface area (Å²) in [5.41, 5.74) is 6.52. The van der Waals surface area contributed by atoms with Crippen molar-refractivity contribution in [2.45, 2.75) is 52.0 Å². The van der Waals surface area contributed by atoms with Gasteiger partial charge in [-0.05, 0) is 35.6 Å². The van der Waals surface area contributed by atoms with E-state index in [0.29, 0.717) is 5.82 Å². The molecule has 0 bridgehead atoms. The molecule has 274 valence electrons. The van der Waals surface area contributed by atoms with Gasteiger partial charge in [-0.2, -0.15) is 0 Å². The Labute approximate surface area is 294 Å². The number of rotatable bonds is 16. The number of aliphatic hydroxyl groups is 2. The van der Waals surface area contributed by atoms with Gasteiger partial charge in [0.25, 0.3) is 11.8 Å². The lowest BCUT2D eigenvalue weighted by atomic mass is 9.84. The van der Waals surface area contributed by atoms with Gasteiger partial charge >= 0.3 is 0 Å². The first kappa shape index (κ1) is 38.9. The molecule has 51 heavy (non-hydrogen) atoms. The largest absolute Gasteiger partial charge is 0.387 e. The highest BCUT2D eigenvalue weighted by Crippen LogP contribution is 2.39. The first-order valence-electron chi connectivity index (χ1n) is 16.3. The predicted molar refractivity (Wildman–Crippen MR) is 182 cm³/mol. The molecule has 0 aliphatic carbocycles. The maximum Gasteiger partial charge on any atom is 0.253 e. The number of nitrogens with zero attached hydrogens (tertiary/aromatic N) is 5. The number of hydrogen-bond donors (Lipinski definition) is 5. The van der Waals surface area contributed by atoms with Crippen molar-refractivity contribution < 1.29 is 38.2 Å². The summed E-state index contributed by atoms with van der Waals surface area (Å²) in [6.45, 7) is 4.35. The molecule has 1 aromatic heterocycles. The minimum atomic E-state index is -1.54. The highest BCUT2D eigenvalue weighted by atomic mass is 19.1. The second kappa shape index (κ2) is 16.9. The molecule has 4 amide bonds. The van der Waals surface area contributed by atoms with Crippen molar-refractivity contribution >= 4 is 23.6 Å². The number of nitrogens with two attached hydrogens (primary N) is 2. The number of hydrogen-bond acceptors (Lipinski definition) is 10. The summed E-state index contributed by atoms with van der Waals surface area (Å²) in [4.78, 5) is 56.3. The van der Waals surface area contributed by atoms with Crippen LogP contribution in [0.2, 0.25) is 0 Å². The van der Waals surface area contributed by atoms with Crippen molar-refractivity contribution in [3.63, 3.8) is 0 Å². The number of carbonyl (C=O) groups excluding carboxylic acids is 4. The zero-order valence-electron chi connectivity index (χ0n) is 28.7. The van der Waals surface area contributed by atoms with Gasteiger partial charge in [0.15, 0.2) is 0 Å². The van der Waals surface area contributed by atoms with Crippen molar-refractivity contribution in [2.24, 2.45) is 17.0 Å². The van der Waals surface area contributed by atoms with Crippen molar-refractivity contribution in [1.82, 2.24) is 29.7 Å². The number of amides is 4. The van der Waals surface area contributed by atoms with Crippen molar-refractivity contribution in [1.29, 1.82) is 0 Å². The lowest BCUT2D eigenvalue weighted by molar-refractivity contribution is -0.140. The fourth-order valence-corrected chi connectivity index (χ4v) is 5.82. The Kier molecular flexibility index (Phi) is 12.9. The topological polar surface area (TPSA) is 200 Å². The Morgan fingerprint density at radius 2 is 1.73 bits per heavy atom. The Hall–Kier alpha value is -4.87. The first-order valence-corrected chi connectivity index (χ1v) is 16.3. The van der Waals surface area contributed by atoms with E-state index in [4.69, 9.17) is 16.6 Å². The molecule has 0 fully saturated rings.